The molecule has 0 spiro atoms. The van der Waals surface area contributed by atoms with Gasteiger partial charge in [0.25, 0.3) is 0 Å². The van der Waals surface area contributed by atoms with Crippen LogP contribution in [0.1, 0.15) is 55.7 Å². The third-order valence-corrected chi connectivity index (χ3v) is 6.19. The highest BCUT2D eigenvalue weighted by Crippen LogP contribution is 2.22. The predicted molar refractivity (Wildman–Crippen MR) is 121 cm³/mol. The number of benzene rings is 2. The second kappa shape index (κ2) is 10.6. The maximum atomic E-state index is 13.4. The fraction of sp³-hybridized carbons (Fsp3) is 0.440. The SMILES string of the molecule is CC[C@H](C(=O)NC1CCCC1)N(Cc1ccccc1Cl)C(=O)Cc1cccc(C)c1. The number of halogens is 1. The summed E-state index contributed by atoms with van der Waals surface area (Å²) in [6.07, 6.45) is 5.16. The smallest absolute Gasteiger partial charge is 0.243 e. The van der Waals surface area contributed by atoms with E-state index in [4.69, 9.17) is 11.6 Å². The first kappa shape index (κ1) is 22.4. The molecule has 0 unspecified atom stereocenters. The molecule has 2 amide bonds. The van der Waals surface area contributed by atoms with Gasteiger partial charge in [-0.3, -0.25) is 9.59 Å². The molecule has 5 heteroatoms. The Morgan fingerprint density at radius 2 is 1.87 bits per heavy atom. The van der Waals surface area contributed by atoms with Gasteiger partial charge >= 0.3 is 0 Å². The molecule has 0 aliphatic heterocycles. The van der Waals surface area contributed by atoms with E-state index in [-0.39, 0.29) is 24.3 Å². The van der Waals surface area contributed by atoms with Crippen LogP contribution in [-0.4, -0.2) is 28.8 Å². The molecule has 1 fully saturated rings. The highest BCUT2D eigenvalue weighted by Gasteiger charge is 2.30. The van der Waals surface area contributed by atoms with Crippen LogP contribution in [0.25, 0.3) is 0 Å². The minimum absolute atomic E-state index is 0.0611. The van der Waals surface area contributed by atoms with E-state index in [1.807, 2.05) is 62.4 Å². The molecule has 2 aromatic carbocycles. The minimum Gasteiger partial charge on any atom is -0.352 e. The summed E-state index contributed by atoms with van der Waals surface area (Å²) in [5.41, 5.74) is 2.92. The summed E-state index contributed by atoms with van der Waals surface area (Å²) in [5, 5.41) is 3.78. The Morgan fingerprint density at radius 1 is 1.13 bits per heavy atom. The zero-order chi connectivity index (χ0) is 21.5. The van der Waals surface area contributed by atoms with E-state index < -0.39 is 6.04 Å². The lowest BCUT2D eigenvalue weighted by atomic mass is 10.0. The number of amides is 2. The Hall–Kier alpha value is -2.33. The van der Waals surface area contributed by atoms with Crippen LogP contribution in [0.3, 0.4) is 0 Å². The maximum absolute atomic E-state index is 13.4. The standard InChI is InChI=1S/C25H31ClN2O2/c1-3-23(25(30)27-21-12-5-6-13-21)28(17-20-11-4-7-14-22(20)26)24(29)16-19-10-8-9-18(2)15-19/h4,7-11,14-15,21,23H,3,5-6,12-13,16-17H2,1-2H3,(H,27,30)/t23-/m1/s1. The second-order valence-corrected chi connectivity index (χ2v) is 8.60. The van der Waals surface area contributed by atoms with Gasteiger partial charge in [0.05, 0.1) is 6.42 Å². The van der Waals surface area contributed by atoms with E-state index in [2.05, 4.69) is 5.32 Å². The monoisotopic (exact) mass is 426 g/mol. The summed E-state index contributed by atoms with van der Waals surface area (Å²) < 4.78 is 0. The number of hydrogen-bond acceptors (Lipinski definition) is 2. The topological polar surface area (TPSA) is 49.4 Å². The molecular weight excluding hydrogens is 396 g/mol. The van der Waals surface area contributed by atoms with Crippen LogP contribution < -0.4 is 5.32 Å². The second-order valence-electron chi connectivity index (χ2n) is 8.19. The number of aryl methyl sites for hydroxylation is 1. The number of carbonyl (C=O) groups is 2. The van der Waals surface area contributed by atoms with Crippen molar-refractivity contribution < 1.29 is 9.59 Å². The summed E-state index contributed by atoms with van der Waals surface area (Å²) in [7, 11) is 0. The molecule has 1 aliphatic carbocycles. The van der Waals surface area contributed by atoms with Crippen LogP contribution in [-0.2, 0) is 22.6 Å². The van der Waals surface area contributed by atoms with Crippen molar-refractivity contribution in [1.82, 2.24) is 10.2 Å². The van der Waals surface area contributed by atoms with Gasteiger partial charge in [-0.1, -0.05) is 79.4 Å². The number of nitrogens with one attached hydrogen (secondary N) is 1. The van der Waals surface area contributed by atoms with Crippen LogP contribution in [0.4, 0.5) is 0 Å². The molecule has 1 N–H and O–H groups in total. The number of nitrogens with zero attached hydrogens (tertiary/aromatic N) is 1. The fourth-order valence-electron chi connectivity index (χ4n) is 4.20. The van der Waals surface area contributed by atoms with Gasteiger partial charge in [0.15, 0.2) is 0 Å². The largest absolute Gasteiger partial charge is 0.352 e. The van der Waals surface area contributed by atoms with Gasteiger partial charge in [-0.05, 0) is 43.4 Å². The van der Waals surface area contributed by atoms with Gasteiger partial charge in [0.1, 0.15) is 6.04 Å². The number of hydrogen-bond donors (Lipinski definition) is 1. The molecule has 0 heterocycles. The lowest BCUT2D eigenvalue weighted by molar-refractivity contribution is -0.141. The van der Waals surface area contributed by atoms with Crippen molar-refractivity contribution in [1.29, 1.82) is 0 Å². The van der Waals surface area contributed by atoms with E-state index in [0.717, 1.165) is 42.4 Å². The average molecular weight is 427 g/mol. The van der Waals surface area contributed by atoms with Gasteiger partial charge in [-0.25, -0.2) is 0 Å². The molecule has 1 saturated carbocycles. The molecule has 4 nitrogen and oxygen atoms in total. The summed E-state index contributed by atoms with van der Waals surface area (Å²) in [4.78, 5) is 28.2. The first-order valence-electron chi connectivity index (χ1n) is 10.9. The lowest BCUT2D eigenvalue weighted by Gasteiger charge is -2.32. The summed E-state index contributed by atoms with van der Waals surface area (Å²) in [6.45, 7) is 4.29. The molecule has 160 valence electrons. The normalized spacial score (nSPS) is 15.0. The van der Waals surface area contributed by atoms with E-state index in [1.54, 1.807) is 4.90 Å². The van der Waals surface area contributed by atoms with Gasteiger partial charge < -0.3 is 10.2 Å². The van der Waals surface area contributed by atoms with E-state index >= 15 is 0 Å². The Labute approximate surface area is 184 Å². The van der Waals surface area contributed by atoms with E-state index in [0.29, 0.717) is 18.0 Å². The van der Waals surface area contributed by atoms with Crippen molar-refractivity contribution in [3.05, 3.63) is 70.2 Å². The Kier molecular flexibility index (Phi) is 7.92. The third kappa shape index (κ3) is 5.85. The number of carbonyl (C=O) groups excluding carboxylic acids is 2. The highest BCUT2D eigenvalue weighted by molar-refractivity contribution is 6.31. The van der Waals surface area contributed by atoms with Crippen LogP contribution in [0.2, 0.25) is 5.02 Å². The Morgan fingerprint density at radius 3 is 2.53 bits per heavy atom. The van der Waals surface area contributed by atoms with Crippen molar-refractivity contribution in [3.63, 3.8) is 0 Å². The third-order valence-electron chi connectivity index (χ3n) is 5.82. The van der Waals surface area contributed by atoms with Gasteiger partial charge in [0.2, 0.25) is 11.8 Å². The summed E-state index contributed by atoms with van der Waals surface area (Å²) in [5.74, 6) is -0.122. The predicted octanol–water partition coefficient (Wildman–Crippen LogP) is 5.06. The molecule has 1 aliphatic rings. The number of rotatable bonds is 8. The van der Waals surface area contributed by atoms with Crippen molar-refractivity contribution in [2.45, 2.75) is 71.0 Å². The van der Waals surface area contributed by atoms with E-state index in [9.17, 15) is 9.59 Å². The van der Waals surface area contributed by atoms with Crippen molar-refractivity contribution in [3.8, 4) is 0 Å². The summed E-state index contributed by atoms with van der Waals surface area (Å²) in [6, 6.07) is 15.2. The van der Waals surface area contributed by atoms with E-state index in [1.165, 1.54) is 0 Å². The van der Waals surface area contributed by atoms with Gasteiger partial charge in [-0.2, -0.15) is 0 Å². The first-order chi connectivity index (χ1) is 14.5. The molecule has 1 atom stereocenters. The molecule has 0 radical (unpaired) electrons. The van der Waals surface area contributed by atoms with Gasteiger partial charge in [0, 0.05) is 17.6 Å². The van der Waals surface area contributed by atoms with Gasteiger partial charge in [-0.15, -0.1) is 0 Å². The quantitative estimate of drug-likeness (QED) is 0.641. The molecule has 2 aromatic rings. The Bertz CT molecular complexity index is 877. The molecule has 0 bridgehead atoms. The highest BCUT2D eigenvalue weighted by atomic mass is 35.5. The molecular formula is C25H31ClN2O2. The maximum Gasteiger partial charge on any atom is 0.243 e. The van der Waals surface area contributed by atoms with Crippen LogP contribution in [0.15, 0.2) is 48.5 Å². The van der Waals surface area contributed by atoms with Crippen LogP contribution in [0, 0.1) is 6.92 Å². The fourth-order valence-corrected chi connectivity index (χ4v) is 4.39. The molecule has 3 rings (SSSR count). The first-order valence-corrected chi connectivity index (χ1v) is 11.2. The van der Waals surface area contributed by atoms with Crippen molar-refractivity contribution in [2.75, 3.05) is 0 Å². The molecule has 0 saturated heterocycles. The minimum atomic E-state index is -0.515. The molecule has 0 aromatic heterocycles. The van der Waals surface area contributed by atoms with Crippen LogP contribution in [0.5, 0.6) is 0 Å². The van der Waals surface area contributed by atoms with Crippen molar-refractivity contribution in [2.24, 2.45) is 0 Å². The zero-order valence-corrected chi connectivity index (χ0v) is 18.6. The Balaban J connectivity index is 1.83. The van der Waals surface area contributed by atoms with Crippen molar-refractivity contribution >= 4 is 23.4 Å². The zero-order valence-electron chi connectivity index (χ0n) is 17.9. The summed E-state index contributed by atoms with van der Waals surface area (Å²) >= 11 is 6.38. The molecule has 30 heavy (non-hydrogen) atoms. The average Bonchev–Trinajstić information content (AvgIpc) is 3.22. The lowest BCUT2D eigenvalue weighted by Crippen LogP contribution is -2.51. The van der Waals surface area contributed by atoms with Crippen LogP contribution >= 0.6 is 11.6 Å².